The van der Waals surface area contributed by atoms with Crippen LogP contribution in [-0.4, -0.2) is 28.7 Å². The van der Waals surface area contributed by atoms with Crippen LogP contribution < -0.4 is 0 Å². The standard InChI is InChI=1S/C24H30N2S/c1-17(2)19-8-6-18(7-9-19)16-26-12-4-5-21(26)13-20-15-25-24-11-10-22(27-3)14-23(20)24/h6-11,14-15,17,21,25H,4-5,12-13,16H2,1-3H3/t21-/m1/s1. The summed E-state index contributed by atoms with van der Waals surface area (Å²) >= 11 is 1.82. The zero-order valence-electron chi connectivity index (χ0n) is 16.7. The van der Waals surface area contributed by atoms with Crippen LogP contribution >= 0.6 is 11.8 Å². The molecular weight excluding hydrogens is 348 g/mol. The van der Waals surface area contributed by atoms with Crippen LogP contribution in [0, 0.1) is 0 Å². The van der Waals surface area contributed by atoms with Crippen molar-refractivity contribution >= 4 is 22.7 Å². The molecule has 1 fully saturated rings. The number of aromatic amines is 1. The summed E-state index contributed by atoms with van der Waals surface area (Å²) in [6, 6.07) is 16.6. The summed E-state index contributed by atoms with van der Waals surface area (Å²) < 4.78 is 0. The fraction of sp³-hybridized carbons (Fsp3) is 0.417. The molecule has 0 aliphatic carbocycles. The Hall–Kier alpha value is -1.71. The van der Waals surface area contributed by atoms with Crippen LogP contribution in [0.4, 0.5) is 0 Å². The van der Waals surface area contributed by atoms with Gasteiger partial charge >= 0.3 is 0 Å². The van der Waals surface area contributed by atoms with Gasteiger partial charge in [0.25, 0.3) is 0 Å². The number of fused-ring (bicyclic) bond motifs is 1. The SMILES string of the molecule is CSc1ccc2[nH]cc(C[C@H]3CCCN3Cc3ccc(C(C)C)cc3)c2c1. The Kier molecular flexibility index (Phi) is 5.60. The summed E-state index contributed by atoms with van der Waals surface area (Å²) in [6.07, 6.45) is 8.13. The number of hydrogen-bond donors (Lipinski definition) is 1. The predicted molar refractivity (Wildman–Crippen MR) is 118 cm³/mol. The first-order valence-electron chi connectivity index (χ1n) is 10.1. The van der Waals surface area contributed by atoms with E-state index in [1.807, 2.05) is 11.8 Å². The molecule has 1 saturated heterocycles. The maximum absolute atomic E-state index is 3.47. The fourth-order valence-electron chi connectivity index (χ4n) is 4.28. The molecular formula is C24H30N2S. The maximum Gasteiger partial charge on any atom is 0.0457 e. The predicted octanol–water partition coefficient (Wildman–Crippen LogP) is 6.22. The number of likely N-dealkylation sites (tertiary alicyclic amines) is 1. The van der Waals surface area contributed by atoms with Crippen LogP contribution in [0.25, 0.3) is 10.9 Å². The van der Waals surface area contributed by atoms with Crippen molar-refractivity contribution in [2.45, 2.75) is 56.5 Å². The number of thioether (sulfide) groups is 1. The van der Waals surface area contributed by atoms with E-state index >= 15 is 0 Å². The van der Waals surface area contributed by atoms with E-state index in [1.54, 1.807) is 0 Å². The molecule has 1 aromatic heterocycles. The molecule has 1 N–H and O–H groups in total. The molecule has 0 radical (unpaired) electrons. The first-order chi connectivity index (χ1) is 13.1. The van der Waals surface area contributed by atoms with Crippen LogP contribution in [0.15, 0.2) is 53.6 Å². The normalized spacial score (nSPS) is 18.0. The highest BCUT2D eigenvalue weighted by atomic mass is 32.2. The molecule has 142 valence electrons. The maximum atomic E-state index is 3.47. The van der Waals surface area contributed by atoms with E-state index in [0.717, 1.165) is 13.0 Å². The van der Waals surface area contributed by atoms with Crippen LogP contribution in [0.1, 0.15) is 49.3 Å². The first-order valence-corrected chi connectivity index (χ1v) is 11.3. The monoisotopic (exact) mass is 378 g/mol. The van der Waals surface area contributed by atoms with E-state index in [4.69, 9.17) is 0 Å². The molecule has 2 nitrogen and oxygen atoms in total. The van der Waals surface area contributed by atoms with Gasteiger partial charge in [-0.15, -0.1) is 11.8 Å². The Morgan fingerprint density at radius 3 is 2.70 bits per heavy atom. The van der Waals surface area contributed by atoms with Crippen molar-refractivity contribution in [3.05, 3.63) is 65.4 Å². The van der Waals surface area contributed by atoms with Gasteiger partial charge < -0.3 is 4.98 Å². The van der Waals surface area contributed by atoms with E-state index in [0.29, 0.717) is 12.0 Å². The topological polar surface area (TPSA) is 19.0 Å². The Labute approximate surface area is 167 Å². The summed E-state index contributed by atoms with van der Waals surface area (Å²) in [6.45, 7) is 6.81. The third-order valence-electron chi connectivity index (χ3n) is 5.96. The van der Waals surface area contributed by atoms with Gasteiger partial charge in [-0.25, -0.2) is 0 Å². The van der Waals surface area contributed by atoms with E-state index in [2.05, 4.69) is 78.6 Å². The van der Waals surface area contributed by atoms with Crippen molar-refractivity contribution in [1.82, 2.24) is 9.88 Å². The molecule has 0 amide bonds. The van der Waals surface area contributed by atoms with E-state index < -0.39 is 0 Å². The van der Waals surface area contributed by atoms with Gasteiger partial charge in [-0.05, 0) is 72.9 Å². The van der Waals surface area contributed by atoms with Gasteiger partial charge in [0, 0.05) is 34.6 Å². The van der Waals surface area contributed by atoms with Crippen LogP contribution in [0.3, 0.4) is 0 Å². The number of hydrogen-bond acceptors (Lipinski definition) is 2. The molecule has 3 heteroatoms. The minimum atomic E-state index is 0.603. The van der Waals surface area contributed by atoms with Crippen molar-refractivity contribution in [3.63, 3.8) is 0 Å². The number of nitrogens with zero attached hydrogens (tertiary/aromatic N) is 1. The molecule has 2 aromatic carbocycles. The van der Waals surface area contributed by atoms with Crippen molar-refractivity contribution in [2.75, 3.05) is 12.8 Å². The van der Waals surface area contributed by atoms with Gasteiger partial charge in [0.1, 0.15) is 0 Å². The Balaban J connectivity index is 1.48. The summed E-state index contributed by atoms with van der Waals surface area (Å²) in [4.78, 5) is 7.49. The summed E-state index contributed by atoms with van der Waals surface area (Å²) in [5.74, 6) is 0.603. The second-order valence-corrected chi connectivity index (χ2v) is 8.97. The lowest BCUT2D eigenvalue weighted by atomic mass is 10.0. The van der Waals surface area contributed by atoms with E-state index in [1.165, 1.54) is 51.9 Å². The minimum Gasteiger partial charge on any atom is -0.361 e. The van der Waals surface area contributed by atoms with Crippen LogP contribution in [-0.2, 0) is 13.0 Å². The van der Waals surface area contributed by atoms with Gasteiger partial charge in [-0.3, -0.25) is 4.90 Å². The third-order valence-corrected chi connectivity index (χ3v) is 6.69. The fourth-order valence-corrected chi connectivity index (χ4v) is 4.72. The molecule has 1 aliphatic heterocycles. The molecule has 3 aromatic rings. The number of H-pyrrole nitrogens is 1. The average molecular weight is 379 g/mol. The highest BCUT2D eigenvalue weighted by Crippen LogP contribution is 2.29. The Morgan fingerprint density at radius 1 is 1.15 bits per heavy atom. The van der Waals surface area contributed by atoms with Crippen LogP contribution in [0.2, 0.25) is 0 Å². The number of benzene rings is 2. The quantitative estimate of drug-likeness (QED) is 0.513. The molecule has 0 spiro atoms. The lowest BCUT2D eigenvalue weighted by Crippen LogP contribution is -2.30. The Morgan fingerprint density at radius 2 is 1.96 bits per heavy atom. The van der Waals surface area contributed by atoms with Gasteiger partial charge in [-0.2, -0.15) is 0 Å². The van der Waals surface area contributed by atoms with Gasteiger partial charge in [0.15, 0.2) is 0 Å². The van der Waals surface area contributed by atoms with Crippen molar-refractivity contribution in [3.8, 4) is 0 Å². The zero-order chi connectivity index (χ0) is 18.8. The molecule has 2 heterocycles. The summed E-state index contributed by atoms with van der Waals surface area (Å²) in [7, 11) is 0. The van der Waals surface area contributed by atoms with E-state index in [-0.39, 0.29) is 0 Å². The highest BCUT2D eigenvalue weighted by Gasteiger charge is 2.25. The van der Waals surface area contributed by atoms with Crippen LogP contribution in [0.5, 0.6) is 0 Å². The molecule has 1 atom stereocenters. The van der Waals surface area contributed by atoms with Gasteiger partial charge in [0.05, 0.1) is 0 Å². The van der Waals surface area contributed by atoms with Crippen molar-refractivity contribution in [1.29, 1.82) is 0 Å². The van der Waals surface area contributed by atoms with Crippen molar-refractivity contribution < 1.29 is 0 Å². The van der Waals surface area contributed by atoms with Crippen molar-refractivity contribution in [2.24, 2.45) is 0 Å². The smallest absolute Gasteiger partial charge is 0.0457 e. The summed E-state index contributed by atoms with van der Waals surface area (Å²) in [5, 5.41) is 1.40. The average Bonchev–Trinajstić information content (AvgIpc) is 3.29. The van der Waals surface area contributed by atoms with Gasteiger partial charge in [0.2, 0.25) is 0 Å². The van der Waals surface area contributed by atoms with Gasteiger partial charge in [-0.1, -0.05) is 38.1 Å². The van der Waals surface area contributed by atoms with E-state index in [9.17, 15) is 0 Å². The molecule has 0 bridgehead atoms. The number of nitrogens with one attached hydrogen (secondary N) is 1. The largest absolute Gasteiger partial charge is 0.361 e. The molecule has 27 heavy (non-hydrogen) atoms. The molecule has 4 rings (SSSR count). The summed E-state index contributed by atoms with van der Waals surface area (Å²) in [5.41, 5.74) is 5.60. The molecule has 1 aliphatic rings. The lowest BCUT2D eigenvalue weighted by Gasteiger charge is -2.24. The highest BCUT2D eigenvalue weighted by molar-refractivity contribution is 7.98. The Bertz CT molecular complexity index is 894. The number of aromatic nitrogens is 1. The molecule has 0 unspecified atom stereocenters. The zero-order valence-corrected chi connectivity index (χ0v) is 17.5. The second-order valence-electron chi connectivity index (χ2n) is 8.09. The second kappa shape index (κ2) is 8.12. The lowest BCUT2D eigenvalue weighted by molar-refractivity contribution is 0.244. The minimum absolute atomic E-state index is 0.603. The number of rotatable bonds is 6. The third kappa shape index (κ3) is 4.09. The first kappa shape index (κ1) is 18.6. The molecule has 0 saturated carbocycles.